The van der Waals surface area contributed by atoms with E-state index in [-0.39, 0.29) is 10.8 Å². The molecule has 0 fully saturated rings. The van der Waals surface area contributed by atoms with Crippen LogP contribution in [0.15, 0.2) is 235 Å². The molecule has 15 aromatic rings. The van der Waals surface area contributed by atoms with Gasteiger partial charge in [0.1, 0.15) is 34.3 Å². The first-order valence-electron chi connectivity index (χ1n) is 27.6. The number of aromatic nitrogens is 4. The molecule has 4 aromatic heterocycles. The summed E-state index contributed by atoms with van der Waals surface area (Å²) in [4.78, 5) is 10.6. The number of nitrogens with zero attached hydrogens (tertiary/aromatic N) is 4. The lowest BCUT2D eigenvalue weighted by molar-refractivity contribution is 0.484. The lowest BCUT2D eigenvalue weighted by Crippen LogP contribution is -2.16. The lowest BCUT2D eigenvalue weighted by Gasteiger charge is -2.25. The molecule has 11 aromatic carbocycles. The lowest BCUT2D eigenvalue weighted by atomic mass is 9.83. The molecule has 0 aliphatic rings. The van der Waals surface area contributed by atoms with Crippen molar-refractivity contribution in [1.82, 2.24) is 19.1 Å². The molecule has 0 aliphatic heterocycles. The molecule has 0 atom stereocenters. The number of hydrogen-bond donors (Lipinski definition) is 0. The second kappa shape index (κ2) is 17.9. The summed E-state index contributed by atoms with van der Waals surface area (Å²) in [5.41, 5.74) is 14.2. The maximum absolute atomic E-state index is 7.34. The Morgan fingerprint density at radius 3 is 1.75 bits per heavy atom. The van der Waals surface area contributed by atoms with Gasteiger partial charge in [0, 0.05) is 33.8 Å². The molecule has 6 nitrogen and oxygen atoms in total. The van der Waals surface area contributed by atoms with Crippen LogP contribution in [0.1, 0.15) is 52.7 Å². The maximum atomic E-state index is 7.34. The van der Waals surface area contributed by atoms with E-state index >= 15 is 0 Å². The Bertz CT molecular complexity index is 4990. The van der Waals surface area contributed by atoms with Crippen LogP contribution in [0.4, 0.5) is 0 Å². The smallest absolute Gasteiger partial charge is 0.149 e. The molecule has 0 bridgehead atoms. The van der Waals surface area contributed by atoms with Crippen LogP contribution in [0.5, 0.6) is 11.5 Å². The molecule has 0 saturated carbocycles. The van der Waals surface area contributed by atoms with Crippen molar-refractivity contribution in [3.05, 3.63) is 242 Å². The highest BCUT2D eigenvalue weighted by Crippen LogP contribution is 2.47. The number of fused-ring (bicyclic) bond motifs is 13. The fourth-order valence-corrected chi connectivity index (χ4v) is 12.3. The molecule has 0 spiro atoms. The first-order chi connectivity index (χ1) is 38.9. The number of ether oxygens (including phenoxy) is 1. The number of pyridine rings is 1. The van der Waals surface area contributed by atoms with Crippen LogP contribution in [0.3, 0.4) is 0 Å². The Kier molecular flexibility index (Phi) is 10.6. The van der Waals surface area contributed by atoms with Gasteiger partial charge < -0.3 is 9.15 Å². The SMILES string of the molecule is CC(C)(C)c1ccnc(-n2c3ccccc3c3ccc(Oc4cc(-c5nc6ccccc6n5-c5ccc(-c6ccccc6)cc5C(C)(C)C)c5oc6cc7c8ccc(-c9ccccc9)cc8c8ccccc8c7cc6c5c4)cc32)c1. The minimum atomic E-state index is -0.235. The van der Waals surface area contributed by atoms with E-state index in [4.69, 9.17) is 19.1 Å². The average molecular weight is 1030 g/mol. The summed E-state index contributed by atoms with van der Waals surface area (Å²) in [5.74, 6) is 2.98. The van der Waals surface area contributed by atoms with Gasteiger partial charge in [0.15, 0.2) is 0 Å². The zero-order chi connectivity index (χ0) is 54.0. The van der Waals surface area contributed by atoms with Crippen molar-refractivity contribution in [2.45, 2.75) is 52.4 Å². The average Bonchev–Trinajstić information content (AvgIpc) is 4.24. The quantitative estimate of drug-likeness (QED) is 0.149. The van der Waals surface area contributed by atoms with E-state index in [1.54, 1.807) is 0 Å². The minimum Gasteiger partial charge on any atom is -0.457 e. The van der Waals surface area contributed by atoms with Crippen LogP contribution in [0, 0.1) is 0 Å². The standard InChI is InChI=1S/C74H56N4O2/c1-73(2,3)49-35-36-75-70(39-49)77-65-27-17-15-25-55(65)56-33-31-50(42-68(56)77)79-51-40-61-60-43-58-53-24-14-13-23-52(53)57-37-47(45-19-9-7-10-20-45)29-32-54(57)59(58)44-69(60)80-71(61)62(41-51)72-76-64-26-16-18-28-67(64)78(72)66-34-30-48(38-63(66)74(4,5)6)46-21-11-8-12-22-46/h7-44H,1-6H3. The van der Waals surface area contributed by atoms with Crippen LogP contribution >= 0.6 is 0 Å². The van der Waals surface area contributed by atoms with Crippen molar-refractivity contribution >= 4 is 87.1 Å². The Balaban J connectivity index is 0.991. The number of para-hydroxylation sites is 3. The molecule has 0 saturated heterocycles. The largest absolute Gasteiger partial charge is 0.457 e. The highest BCUT2D eigenvalue weighted by Gasteiger charge is 2.28. The van der Waals surface area contributed by atoms with Crippen LogP contribution in [0.2, 0.25) is 0 Å². The van der Waals surface area contributed by atoms with Crippen molar-refractivity contribution in [3.8, 4) is 56.6 Å². The van der Waals surface area contributed by atoms with Gasteiger partial charge in [0.25, 0.3) is 0 Å². The summed E-state index contributed by atoms with van der Waals surface area (Å²) in [6.07, 6.45) is 1.93. The van der Waals surface area contributed by atoms with Gasteiger partial charge in [-0.2, -0.15) is 0 Å². The predicted molar refractivity (Wildman–Crippen MR) is 333 cm³/mol. The fraction of sp³-hybridized carbons (Fsp3) is 0.108. The molecule has 0 N–H and O–H groups in total. The Morgan fingerprint density at radius 2 is 1.01 bits per heavy atom. The molecular weight excluding hydrogens is 977 g/mol. The van der Waals surface area contributed by atoms with Crippen molar-refractivity contribution in [2.24, 2.45) is 0 Å². The van der Waals surface area contributed by atoms with Crippen molar-refractivity contribution < 1.29 is 9.15 Å². The maximum Gasteiger partial charge on any atom is 0.149 e. The van der Waals surface area contributed by atoms with E-state index in [1.165, 1.54) is 49.4 Å². The first kappa shape index (κ1) is 47.4. The van der Waals surface area contributed by atoms with Gasteiger partial charge in [-0.1, -0.05) is 175 Å². The molecule has 0 amide bonds. The molecule has 6 heteroatoms. The number of rotatable bonds is 7. The number of hydrogen-bond acceptors (Lipinski definition) is 4. The van der Waals surface area contributed by atoms with Crippen molar-refractivity contribution in [3.63, 3.8) is 0 Å². The van der Waals surface area contributed by atoms with Crippen molar-refractivity contribution in [1.29, 1.82) is 0 Å². The van der Waals surface area contributed by atoms with E-state index in [9.17, 15) is 0 Å². The van der Waals surface area contributed by atoms with Crippen LogP contribution in [0.25, 0.3) is 132 Å². The Morgan fingerprint density at radius 1 is 0.400 bits per heavy atom. The molecule has 0 aliphatic carbocycles. The van der Waals surface area contributed by atoms with Gasteiger partial charge in [-0.05, 0) is 161 Å². The molecule has 4 heterocycles. The Labute approximate surface area is 463 Å². The topological polar surface area (TPSA) is 58.0 Å². The zero-order valence-corrected chi connectivity index (χ0v) is 45.5. The van der Waals surface area contributed by atoms with E-state index < -0.39 is 0 Å². The highest BCUT2D eigenvalue weighted by molar-refractivity contribution is 6.29. The molecule has 0 unspecified atom stereocenters. The second-order valence-electron chi connectivity index (χ2n) is 23.4. The van der Waals surface area contributed by atoms with Crippen LogP contribution < -0.4 is 4.74 Å². The summed E-state index contributed by atoms with van der Waals surface area (Å²) < 4.78 is 19.2. The first-order valence-corrected chi connectivity index (χ1v) is 27.6. The predicted octanol–water partition coefficient (Wildman–Crippen LogP) is 20.3. The minimum absolute atomic E-state index is 0.0570. The van der Waals surface area contributed by atoms with E-state index in [2.05, 4.69) is 275 Å². The Hall–Kier alpha value is -9.78. The van der Waals surface area contributed by atoms with Crippen molar-refractivity contribution in [2.75, 3.05) is 0 Å². The van der Waals surface area contributed by atoms with E-state index in [1.807, 2.05) is 6.20 Å². The number of imidazole rings is 1. The summed E-state index contributed by atoms with van der Waals surface area (Å²) in [7, 11) is 0. The van der Waals surface area contributed by atoms with E-state index in [0.717, 1.165) is 94.0 Å². The van der Waals surface area contributed by atoms with Crippen LogP contribution in [-0.4, -0.2) is 19.1 Å². The van der Waals surface area contributed by atoms with Gasteiger partial charge >= 0.3 is 0 Å². The van der Waals surface area contributed by atoms with Crippen LogP contribution in [-0.2, 0) is 10.8 Å². The van der Waals surface area contributed by atoms with Gasteiger partial charge in [-0.3, -0.25) is 9.13 Å². The zero-order valence-electron chi connectivity index (χ0n) is 45.5. The normalized spacial score (nSPS) is 12.4. The summed E-state index contributed by atoms with van der Waals surface area (Å²) in [6.45, 7) is 13.6. The molecule has 384 valence electrons. The summed E-state index contributed by atoms with van der Waals surface area (Å²) in [6, 6.07) is 80.4. The van der Waals surface area contributed by atoms with Gasteiger partial charge in [-0.25, -0.2) is 9.97 Å². The number of furan rings is 1. The third kappa shape index (κ3) is 7.69. The fourth-order valence-electron chi connectivity index (χ4n) is 12.3. The summed E-state index contributed by atoms with van der Waals surface area (Å²) >= 11 is 0. The second-order valence-corrected chi connectivity index (χ2v) is 23.4. The monoisotopic (exact) mass is 1030 g/mol. The van der Waals surface area contributed by atoms with Gasteiger partial charge in [0.2, 0.25) is 0 Å². The molecular formula is C74H56N4O2. The molecule has 15 rings (SSSR count). The van der Waals surface area contributed by atoms with Gasteiger partial charge in [0.05, 0.1) is 33.3 Å². The summed E-state index contributed by atoms with van der Waals surface area (Å²) in [5, 5.41) is 11.3. The number of benzene rings is 11. The molecule has 0 radical (unpaired) electrons. The highest BCUT2D eigenvalue weighted by atomic mass is 16.5. The molecule has 80 heavy (non-hydrogen) atoms. The third-order valence-electron chi connectivity index (χ3n) is 16.3. The van der Waals surface area contributed by atoms with E-state index in [0.29, 0.717) is 11.5 Å². The van der Waals surface area contributed by atoms with Gasteiger partial charge in [-0.15, -0.1) is 0 Å². The third-order valence-corrected chi connectivity index (χ3v) is 16.3.